The molecule has 0 atom stereocenters. The molecule has 118 valence electrons. The van der Waals surface area contributed by atoms with Gasteiger partial charge in [0.1, 0.15) is 5.75 Å². The van der Waals surface area contributed by atoms with Gasteiger partial charge in [-0.15, -0.1) is 10.2 Å². The maximum absolute atomic E-state index is 12.2. The van der Waals surface area contributed by atoms with Gasteiger partial charge in [0.25, 0.3) is 5.56 Å². The average molecular weight is 333 g/mol. The van der Waals surface area contributed by atoms with Gasteiger partial charge in [-0.3, -0.25) is 14.6 Å². The van der Waals surface area contributed by atoms with Crippen molar-refractivity contribution in [1.82, 2.24) is 24.8 Å². The molecule has 0 aliphatic carbocycles. The van der Waals surface area contributed by atoms with E-state index in [0.29, 0.717) is 11.3 Å². The highest BCUT2D eigenvalue weighted by Gasteiger charge is 2.13. The molecule has 10 heteroatoms. The third-order valence-corrected chi connectivity index (χ3v) is 3.95. The van der Waals surface area contributed by atoms with Gasteiger partial charge < -0.3 is 4.74 Å². The lowest BCUT2D eigenvalue weighted by Crippen LogP contribution is -2.26. The van der Waals surface area contributed by atoms with Crippen LogP contribution in [0.1, 0.15) is 10.4 Å². The first-order valence-electron chi connectivity index (χ1n) is 6.46. The zero-order valence-electron chi connectivity index (χ0n) is 11.9. The molecule has 0 spiro atoms. The average Bonchev–Trinajstić information content (AvgIpc) is 2.96. The lowest BCUT2D eigenvalue weighted by Gasteiger charge is -2.02. The number of ketones is 1. The van der Waals surface area contributed by atoms with E-state index in [1.54, 1.807) is 31.4 Å². The van der Waals surface area contributed by atoms with E-state index in [9.17, 15) is 14.4 Å². The number of rotatable bonds is 5. The number of thioether (sulfide) groups is 1. The Kier molecular flexibility index (Phi) is 3.98. The van der Waals surface area contributed by atoms with E-state index in [-0.39, 0.29) is 22.3 Å². The highest BCUT2D eigenvalue weighted by Crippen LogP contribution is 2.17. The molecule has 0 aliphatic heterocycles. The molecular formula is C13H11N5O4S. The van der Waals surface area contributed by atoms with E-state index >= 15 is 0 Å². The quantitative estimate of drug-likeness (QED) is 0.501. The fourth-order valence-corrected chi connectivity index (χ4v) is 2.68. The Labute approximate surface area is 132 Å². The number of H-pyrrole nitrogens is 2. The van der Waals surface area contributed by atoms with Crippen LogP contribution in [-0.2, 0) is 0 Å². The van der Waals surface area contributed by atoms with Crippen molar-refractivity contribution in [1.29, 1.82) is 0 Å². The Bertz CT molecular complexity index is 972. The molecule has 0 unspecified atom stereocenters. The molecule has 2 N–H and O–H groups in total. The van der Waals surface area contributed by atoms with Gasteiger partial charge in [0.15, 0.2) is 5.78 Å². The van der Waals surface area contributed by atoms with Crippen molar-refractivity contribution in [2.45, 2.75) is 5.16 Å². The normalized spacial score (nSPS) is 10.8. The highest BCUT2D eigenvalue weighted by atomic mass is 32.2. The van der Waals surface area contributed by atoms with Gasteiger partial charge >= 0.3 is 5.69 Å². The van der Waals surface area contributed by atoms with Crippen LogP contribution in [0.2, 0.25) is 0 Å². The summed E-state index contributed by atoms with van der Waals surface area (Å²) in [6.45, 7) is 0. The molecule has 23 heavy (non-hydrogen) atoms. The number of hydrogen-bond donors (Lipinski definition) is 2. The molecule has 0 aliphatic rings. The molecule has 0 fully saturated rings. The van der Waals surface area contributed by atoms with E-state index in [1.165, 1.54) is 0 Å². The van der Waals surface area contributed by atoms with Crippen LogP contribution in [0.15, 0.2) is 39.0 Å². The smallest absolute Gasteiger partial charge is 0.341 e. The van der Waals surface area contributed by atoms with Gasteiger partial charge in [-0.25, -0.2) is 14.4 Å². The van der Waals surface area contributed by atoms with Crippen molar-refractivity contribution in [2.75, 3.05) is 12.9 Å². The maximum Gasteiger partial charge on any atom is 0.341 e. The minimum atomic E-state index is -0.675. The van der Waals surface area contributed by atoms with E-state index in [1.807, 2.05) is 4.98 Å². The van der Waals surface area contributed by atoms with Crippen LogP contribution in [0.4, 0.5) is 0 Å². The van der Waals surface area contributed by atoms with Crippen molar-refractivity contribution in [3.8, 4) is 5.75 Å². The predicted molar refractivity (Wildman–Crippen MR) is 82.3 cm³/mol. The van der Waals surface area contributed by atoms with Crippen LogP contribution >= 0.6 is 11.8 Å². The Morgan fingerprint density at radius 3 is 2.70 bits per heavy atom. The summed E-state index contributed by atoms with van der Waals surface area (Å²) in [6.07, 6.45) is 0. The number of Topliss-reactive ketones (excluding diaryl/α,β-unsaturated/α-hetero) is 1. The van der Waals surface area contributed by atoms with Crippen LogP contribution < -0.4 is 16.0 Å². The van der Waals surface area contributed by atoms with Crippen LogP contribution in [0, 0.1) is 0 Å². The number of nitrogens with one attached hydrogen (secondary N) is 2. The Balaban J connectivity index is 1.79. The first-order valence-corrected chi connectivity index (χ1v) is 7.45. The lowest BCUT2D eigenvalue weighted by molar-refractivity contribution is 0.102. The number of fused-ring (bicyclic) bond motifs is 1. The number of aromatic nitrogens is 5. The summed E-state index contributed by atoms with van der Waals surface area (Å²) in [6, 6.07) is 6.72. The zero-order chi connectivity index (χ0) is 16.4. The summed E-state index contributed by atoms with van der Waals surface area (Å²) in [5.74, 6) is 0.623. The second kappa shape index (κ2) is 6.08. The highest BCUT2D eigenvalue weighted by molar-refractivity contribution is 7.99. The SMILES string of the molecule is COc1ccc(C(=O)CSc2nnc3c(=O)[nH]c(=O)[nH]n23)cc1. The van der Waals surface area contributed by atoms with Crippen molar-refractivity contribution < 1.29 is 9.53 Å². The third-order valence-electron chi connectivity index (χ3n) is 3.02. The summed E-state index contributed by atoms with van der Waals surface area (Å²) in [5.41, 5.74) is -0.831. The van der Waals surface area contributed by atoms with Gasteiger partial charge in [0, 0.05) is 5.56 Å². The molecule has 2 aromatic heterocycles. The number of ether oxygens (including phenoxy) is 1. The number of carbonyl (C=O) groups excluding carboxylic acids is 1. The van der Waals surface area contributed by atoms with Crippen LogP contribution in [0.25, 0.3) is 5.65 Å². The number of carbonyl (C=O) groups is 1. The van der Waals surface area contributed by atoms with E-state index < -0.39 is 11.2 Å². The lowest BCUT2D eigenvalue weighted by atomic mass is 10.1. The van der Waals surface area contributed by atoms with Crippen LogP contribution in [0.5, 0.6) is 5.75 Å². The minimum Gasteiger partial charge on any atom is -0.497 e. The Hall–Kier alpha value is -2.88. The summed E-state index contributed by atoms with van der Waals surface area (Å²) in [4.78, 5) is 37.0. The van der Waals surface area contributed by atoms with Gasteiger partial charge in [-0.1, -0.05) is 11.8 Å². The molecule has 3 rings (SSSR count). The van der Waals surface area contributed by atoms with Crippen molar-refractivity contribution in [3.63, 3.8) is 0 Å². The van der Waals surface area contributed by atoms with E-state index in [0.717, 1.165) is 16.3 Å². The van der Waals surface area contributed by atoms with Crippen LogP contribution in [0.3, 0.4) is 0 Å². The molecule has 0 amide bonds. The zero-order valence-corrected chi connectivity index (χ0v) is 12.7. The molecule has 0 saturated carbocycles. The largest absolute Gasteiger partial charge is 0.497 e. The van der Waals surface area contributed by atoms with Gasteiger partial charge in [-0.05, 0) is 24.3 Å². The fourth-order valence-electron chi connectivity index (χ4n) is 1.89. The summed E-state index contributed by atoms with van der Waals surface area (Å²) >= 11 is 1.07. The first-order chi connectivity index (χ1) is 11.1. The molecule has 2 heterocycles. The second-order valence-electron chi connectivity index (χ2n) is 4.48. The number of hydrogen-bond acceptors (Lipinski definition) is 7. The van der Waals surface area contributed by atoms with E-state index in [2.05, 4.69) is 15.3 Å². The topological polar surface area (TPSA) is 122 Å². The van der Waals surface area contributed by atoms with Gasteiger partial charge in [0.2, 0.25) is 10.8 Å². The molecule has 0 bridgehead atoms. The summed E-state index contributed by atoms with van der Waals surface area (Å²) in [7, 11) is 1.55. The second-order valence-corrected chi connectivity index (χ2v) is 5.42. The predicted octanol–water partition coefficient (Wildman–Crippen LogP) is 0.0895. The molecular weight excluding hydrogens is 322 g/mol. The fraction of sp³-hybridized carbons (Fsp3) is 0.154. The van der Waals surface area contributed by atoms with Crippen molar-refractivity contribution in [2.24, 2.45) is 0 Å². The van der Waals surface area contributed by atoms with Crippen molar-refractivity contribution >= 4 is 23.2 Å². The summed E-state index contributed by atoms with van der Waals surface area (Å²) in [5, 5.41) is 10.1. The maximum atomic E-state index is 12.2. The number of benzene rings is 1. The standard InChI is InChI=1S/C13H11N5O4S/c1-22-8-4-2-7(3-5-8)9(19)6-23-13-16-15-10-11(20)14-12(21)17-18(10)13/h2-5H,6H2,1H3,(H2,14,17,20,21). The monoisotopic (exact) mass is 333 g/mol. The Morgan fingerprint density at radius 2 is 2.00 bits per heavy atom. The van der Waals surface area contributed by atoms with Crippen molar-refractivity contribution in [3.05, 3.63) is 50.7 Å². The molecule has 0 radical (unpaired) electrons. The Morgan fingerprint density at radius 1 is 1.26 bits per heavy atom. The number of nitrogens with zero attached hydrogens (tertiary/aromatic N) is 3. The first kappa shape index (κ1) is 15.0. The van der Waals surface area contributed by atoms with Gasteiger partial charge in [0.05, 0.1) is 12.9 Å². The molecule has 3 aromatic rings. The molecule has 0 saturated heterocycles. The number of aromatic amines is 2. The van der Waals surface area contributed by atoms with Crippen LogP contribution in [-0.4, -0.2) is 43.4 Å². The number of methoxy groups -OCH3 is 1. The third kappa shape index (κ3) is 3.01. The molecule has 9 nitrogen and oxygen atoms in total. The minimum absolute atomic E-state index is 0.0380. The summed E-state index contributed by atoms with van der Waals surface area (Å²) < 4.78 is 6.19. The van der Waals surface area contributed by atoms with Gasteiger partial charge in [-0.2, -0.15) is 0 Å². The van der Waals surface area contributed by atoms with E-state index in [4.69, 9.17) is 4.74 Å². The molecule has 1 aromatic carbocycles.